The van der Waals surface area contributed by atoms with Gasteiger partial charge in [-0.1, -0.05) is 40.0 Å². The fraction of sp³-hybridized carbons (Fsp3) is 1.00. The maximum atomic E-state index is 11.4. The molecule has 0 aromatic carbocycles. The molecule has 1 saturated carbocycles. The van der Waals surface area contributed by atoms with Crippen LogP contribution in [0.15, 0.2) is 0 Å². The first-order chi connectivity index (χ1) is 9.46. The second kappa shape index (κ2) is 6.33. The molecule has 0 bridgehead atoms. The average molecular weight is 283 g/mol. The summed E-state index contributed by atoms with van der Waals surface area (Å²) >= 11 is 0. The fourth-order valence-electron chi connectivity index (χ4n) is 4.42. The van der Waals surface area contributed by atoms with E-state index in [4.69, 9.17) is 10.5 Å². The highest BCUT2D eigenvalue weighted by Gasteiger charge is 2.53. The second-order valence-electron chi connectivity index (χ2n) is 7.49. The lowest BCUT2D eigenvalue weighted by Gasteiger charge is -2.54. The Hall–Kier alpha value is -0.120. The summed E-state index contributed by atoms with van der Waals surface area (Å²) in [7, 11) is 0. The van der Waals surface area contributed by atoms with Crippen molar-refractivity contribution in [1.82, 2.24) is 0 Å². The molecule has 1 saturated heterocycles. The molecular formula is C17H33NO2. The van der Waals surface area contributed by atoms with Crippen LogP contribution >= 0.6 is 0 Å². The van der Waals surface area contributed by atoms with Gasteiger partial charge in [-0.3, -0.25) is 0 Å². The van der Waals surface area contributed by atoms with Crippen LogP contribution in [-0.2, 0) is 4.74 Å². The number of hydrogen-bond donors (Lipinski definition) is 2. The van der Waals surface area contributed by atoms with Crippen LogP contribution in [0, 0.1) is 17.3 Å². The van der Waals surface area contributed by atoms with Crippen LogP contribution in [-0.4, -0.2) is 30.0 Å². The number of aliphatic hydroxyl groups is 1. The van der Waals surface area contributed by atoms with Gasteiger partial charge in [0.15, 0.2) is 0 Å². The van der Waals surface area contributed by atoms with Gasteiger partial charge in [0, 0.05) is 31.4 Å². The molecule has 2 fully saturated rings. The molecule has 1 aliphatic heterocycles. The zero-order valence-electron chi connectivity index (χ0n) is 13.5. The Kier molecular flexibility index (Phi) is 5.14. The molecule has 118 valence electrons. The third-order valence-corrected chi connectivity index (χ3v) is 6.03. The molecular weight excluding hydrogens is 250 g/mol. The average Bonchev–Trinajstić information content (AvgIpc) is 2.47. The molecule has 0 aromatic rings. The monoisotopic (exact) mass is 283 g/mol. The van der Waals surface area contributed by atoms with Crippen molar-refractivity contribution in [2.45, 2.75) is 77.4 Å². The van der Waals surface area contributed by atoms with Crippen molar-refractivity contribution in [2.75, 3.05) is 13.2 Å². The normalized spacial score (nSPS) is 42.9. The lowest BCUT2D eigenvalue weighted by Crippen LogP contribution is -2.59. The van der Waals surface area contributed by atoms with Crippen molar-refractivity contribution in [3.8, 4) is 0 Å². The van der Waals surface area contributed by atoms with Crippen molar-refractivity contribution >= 4 is 0 Å². The van der Waals surface area contributed by atoms with Gasteiger partial charge in [-0.15, -0.1) is 0 Å². The molecule has 0 aromatic heterocycles. The summed E-state index contributed by atoms with van der Waals surface area (Å²) in [5, 5.41) is 11.4. The van der Waals surface area contributed by atoms with Crippen LogP contribution in [0.4, 0.5) is 0 Å². The fourth-order valence-corrected chi connectivity index (χ4v) is 4.42. The topological polar surface area (TPSA) is 55.5 Å². The molecule has 1 aliphatic carbocycles. The summed E-state index contributed by atoms with van der Waals surface area (Å²) in [6, 6.07) is 0. The molecule has 0 amide bonds. The van der Waals surface area contributed by atoms with E-state index < -0.39 is 5.60 Å². The van der Waals surface area contributed by atoms with Gasteiger partial charge < -0.3 is 15.6 Å². The van der Waals surface area contributed by atoms with E-state index in [-0.39, 0.29) is 11.5 Å². The highest BCUT2D eigenvalue weighted by molar-refractivity contribution is 5.05. The molecule has 0 radical (unpaired) electrons. The summed E-state index contributed by atoms with van der Waals surface area (Å²) in [5.74, 6) is 1.19. The number of ether oxygens (including phenoxy) is 1. The number of rotatable bonds is 4. The Morgan fingerprint density at radius 1 is 1.30 bits per heavy atom. The van der Waals surface area contributed by atoms with Crippen molar-refractivity contribution in [3.63, 3.8) is 0 Å². The third kappa shape index (κ3) is 2.90. The Balaban J connectivity index is 2.19. The summed E-state index contributed by atoms with van der Waals surface area (Å²) in [4.78, 5) is 0. The first-order valence-corrected chi connectivity index (χ1v) is 8.50. The van der Waals surface area contributed by atoms with Gasteiger partial charge >= 0.3 is 0 Å². The first-order valence-electron chi connectivity index (χ1n) is 8.50. The van der Waals surface area contributed by atoms with Crippen LogP contribution in [0.2, 0.25) is 0 Å². The molecule has 0 spiro atoms. The SMILES string of the molecule is CCC1CCCC(CN)(C2(O)CCOC(C(C)C)C2)C1. The molecule has 2 aliphatic rings. The molecule has 1 heterocycles. The highest BCUT2D eigenvalue weighted by Crippen LogP contribution is 2.52. The number of nitrogens with two attached hydrogens (primary N) is 1. The van der Waals surface area contributed by atoms with Gasteiger partial charge in [0.05, 0.1) is 11.7 Å². The van der Waals surface area contributed by atoms with Crippen molar-refractivity contribution in [3.05, 3.63) is 0 Å². The van der Waals surface area contributed by atoms with Crippen molar-refractivity contribution in [1.29, 1.82) is 0 Å². The van der Waals surface area contributed by atoms with E-state index in [9.17, 15) is 5.11 Å². The minimum Gasteiger partial charge on any atom is -0.389 e. The van der Waals surface area contributed by atoms with E-state index in [0.717, 1.165) is 31.6 Å². The van der Waals surface area contributed by atoms with Crippen molar-refractivity contribution < 1.29 is 9.84 Å². The summed E-state index contributed by atoms with van der Waals surface area (Å²) in [6.45, 7) is 7.92. The van der Waals surface area contributed by atoms with Gasteiger partial charge in [0.1, 0.15) is 0 Å². The van der Waals surface area contributed by atoms with Gasteiger partial charge in [-0.05, 0) is 24.7 Å². The standard InChI is InChI=1S/C17H33NO2/c1-4-14-6-5-7-16(10-14,12-18)17(19)8-9-20-15(11-17)13(2)3/h13-15,19H,4-12,18H2,1-3H3. The molecule has 20 heavy (non-hydrogen) atoms. The largest absolute Gasteiger partial charge is 0.389 e. The minimum absolute atomic E-state index is 0.0805. The molecule has 3 nitrogen and oxygen atoms in total. The first kappa shape index (κ1) is 16.3. The van der Waals surface area contributed by atoms with E-state index in [1.54, 1.807) is 0 Å². The Labute approximate surface area is 124 Å². The Bertz CT molecular complexity index is 320. The zero-order chi connectivity index (χ0) is 14.8. The maximum absolute atomic E-state index is 11.4. The lowest BCUT2D eigenvalue weighted by molar-refractivity contribution is -0.187. The minimum atomic E-state index is -0.622. The lowest BCUT2D eigenvalue weighted by atomic mass is 9.57. The van der Waals surface area contributed by atoms with Gasteiger partial charge in [-0.25, -0.2) is 0 Å². The molecule has 2 rings (SSSR count). The molecule has 3 N–H and O–H groups in total. The third-order valence-electron chi connectivity index (χ3n) is 6.03. The zero-order valence-corrected chi connectivity index (χ0v) is 13.5. The smallest absolute Gasteiger partial charge is 0.0762 e. The van der Waals surface area contributed by atoms with E-state index in [2.05, 4.69) is 20.8 Å². The van der Waals surface area contributed by atoms with Crippen molar-refractivity contribution in [2.24, 2.45) is 23.0 Å². The van der Waals surface area contributed by atoms with Gasteiger partial charge in [-0.2, -0.15) is 0 Å². The Morgan fingerprint density at radius 3 is 2.65 bits per heavy atom. The summed E-state index contributed by atoms with van der Waals surface area (Å²) in [5.41, 5.74) is 5.49. The van der Waals surface area contributed by atoms with E-state index in [0.29, 0.717) is 19.1 Å². The van der Waals surface area contributed by atoms with E-state index in [1.807, 2.05) is 0 Å². The second-order valence-corrected chi connectivity index (χ2v) is 7.49. The van der Waals surface area contributed by atoms with Crippen LogP contribution < -0.4 is 5.73 Å². The van der Waals surface area contributed by atoms with Gasteiger partial charge in [0.2, 0.25) is 0 Å². The van der Waals surface area contributed by atoms with E-state index >= 15 is 0 Å². The van der Waals surface area contributed by atoms with Gasteiger partial charge in [0.25, 0.3) is 0 Å². The van der Waals surface area contributed by atoms with E-state index in [1.165, 1.54) is 19.3 Å². The predicted molar refractivity (Wildman–Crippen MR) is 82.5 cm³/mol. The maximum Gasteiger partial charge on any atom is 0.0762 e. The highest BCUT2D eigenvalue weighted by atomic mass is 16.5. The van der Waals surface area contributed by atoms with Crippen LogP contribution in [0.1, 0.15) is 65.7 Å². The molecule has 4 unspecified atom stereocenters. The number of hydrogen-bond acceptors (Lipinski definition) is 3. The summed E-state index contributed by atoms with van der Waals surface area (Å²) in [6.07, 6.45) is 7.61. The Morgan fingerprint density at radius 2 is 2.05 bits per heavy atom. The predicted octanol–water partition coefficient (Wildman–Crippen LogP) is 3.10. The molecule has 4 atom stereocenters. The molecule has 3 heteroatoms. The van der Waals surface area contributed by atoms with Crippen LogP contribution in [0.5, 0.6) is 0 Å². The van der Waals surface area contributed by atoms with Crippen LogP contribution in [0.3, 0.4) is 0 Å². The quantitative estimate of drug-likeness (QED) is 0.833. The van der Waals surface area contributed by atoms with Crippen LogP contribution in [0.25, 0.3) is 0 Å². The summed E-state index contributed by atoms with van der Waals surface area (Å²) < 4.78 is 5.87.